The Hall–Kier alpha value is -2.93. The van der Waals surface area contributed by atoms with Gasteiger partial charge in [0.1, 0.15) is 5.52 Å². The lowest BCUT2D eigenvalue weighted by atomic mass is 9.91. The molecule has 4 rings (SSSR count). The maximum atomic E-state index is 14.1. The Morgan fingerprint density at radius 1 is 1.16 bits per heavy atom. The van der Waals surface area contributed by atoms with E-state index in [1.54, 1.807) is 31.4 Å². The minimum atomic E-state index is -0.000434. The number of aromatic nitrogens is 2. The number of benzene rings is 2. The predicted molar refractivity (Wildman–Crippen MR) is 118 cm³/mol. The lowest BCUT2D eigenvalue weighted by Crippen LogP contribution is -2.34. The van der Waals surface area contributed by atoms with Crippen molar-refractivity contribution in [3.63, 3.8) is 0 Å². The number of rotatable bonds is 8. The van der Waals surface area contributed by atoms with Gasteiger partial charge in [0.05, 0.1) is 19.4 Å². The minimum Gasteiger partial charge on any atom is -0.493 e. The number of para-hydroxylation sites is 1. The zero-order valence-corrected chi connectivity index (χ0v) is 18.0. The van der Waals surface area contributed by atoms with Gasteiger partial charge in [0, 0.05) is 23.4 Å². The van der Waals surface area contributed by atoms with Gasteiger partial charge in [0.25, 0.3) is 0 Å². The van der Waals surface area contributed by atoms with E-state index in [1.165, 1.54) is 6.92 Å². The van der Waals surface area contributed by atoms with Crippen molar-refractivity contribution in [2.45, 2.75) is 32.1 Å². The highest BCUT2D eigenvalue weighted by Crippen LogP contribution is 2.33. The first-order valence-corrected chi connectivity index (χ1v) is 10.7. The second-order valence-corrected chi connectivity index (χ2v) is 8.00. The van der Waals surface area contributed by atoms with Crippen LogP contribution in [0.4, 0.5) is 4.48 Å². The van der Waals surface area contributed by atoms with E-state index in [9.17, 15) is 9.28 Å². The summed E-state index contributed by atoms with van der Waals surface area (Å²) in [4.78, 5) is 14.4. The number of carbonyl (C=O) groups is 1. The highest BCUT2D eigenvalue weighted by molar-refractivity contribution is 5.94. The van der Waals surface area contributed by atoms with Crippen LogP contribution in [-0.4, -0.2) is 54.0 Å². The Morgan fingerprint density at radius 3 is 2.68 bits per heavy atom. The molecule has 1 aliphatic rings. The lowest BCUT2D eigenvalue weighted by molar-refractivity contribution is 0.101. The van der Waals surface area contributed by atoms with E-state index in [0.29, 0.717) is 40.0 Å². The first-order valence-electron chi connectivity index (χ1n) is 10.7. The molecule has 0 spiro atoms. The Labute approximate surface area is 181 Å². The van der Waals surface area contributed by atoms with Crippen LogP contribution < -0.4 is 9.47 Å². The molecule has 2 aromatic carbocycles. The summed E-state index contributed by atoms with van der Waals surface area (Å²) in [6.07, 6.45) is 2.84. The number of piperidine rings is 1. The normalized spacial score (nSPS) is 15.3. The predicted octanol–water partition coefficient (Wildman–Crippen LogP) is 4.63. The molecule has 1 saturated heterocycles. The lowest BCUT2D eigenvalue weighted by Gasteiger charge is -2.31. The summed E-state index contributed by atoms with van der Waals surface area (Å²) in [7, 11) is 1.57. The van der Waals surface area contributed by atoms with Crippen LogP contribution in [0.1, 0.15) is 48.2 Å². The number of nitrogens with zero attached hydrogens (tertiary/aromatic N) is 3. The Balaban J connectivity index is 1.25. The molecule has 0 unspecified atom stereocenters. The summed E-state index contributed by atoms with van der Waals surface area (Å²) in [6, 6.07) is 12.7. The highest BCUT2D eigenvalue weighted by Gasteiger charge is 2.25. The molecule has 7 heteroatoms. The van der Waals surface area contributed by atoms with E-state index in [0.717, 1.165) is 50.0 Å². The van der Waals surface area contributed by atoms with Crippen molar-refractivity contribution in [3.05, 3.63) is 53.7 Å². The third-order valence-corrected chi connectivity index (χ3v) is 5.99. The summed E-state index contributed by atoms with van der Waals surface area (Å²) >= 11 is 0. The van der Waals surface area contributed by atoms with Crippen molar-refractivity contribution in [2.75, 3.05) is 33.4 Å². The van der Waals surface area contributed by atoms with Crippen molar-refractivity contribution in [3.8, 4) is 11.5 Å². The minimum absolute atomic E-state index is 0.000434. The molecule has 2 heterocycles. The zero-order valence-electron chi connectivity index (χ0n) is 18.0. The number of methoxy groups -OCH3 is 1. The Morgan fingerprint density at radius 2 is 1.94 bits per heavy atom. The smallest absolute Gasteiger partial charge is 0.161 e. The van der Waals surface area contributed by atoms with Gasteiger partial charge < -0.3 is 14.4 Å². The molecule has 1 fully saturated rings. The van der Waals surface area contributed by atoms with Crippen LogP contribution in [0.5, 0.6) is 11.5 Å². The van der Waals surface area contributed by atoms with Crippen molar-refractivity contribution in [2.24, 2.45) is 0 Å². The molecule has 0 saturated carbocycles. The second-order valence-electron chi connectivity index (χ2n) is 8.00. The summed E-state index contributed by atoms with van der Waals surface area (Å²) < 4.78 is 25.3. The third-order valence-electron chi connectivity index (χ3n) is 5.99. The number of halogens is 1. The van der Waals surface area contributed by atoms with Crippen LogP contribution in [-0.2, 0) is 0 Å². The molecule has 6 nitrogen and oxygen atoms in total. The van der Waals surface area contributed by atoms with Crippen LogP contribution in [0.25, 0.3) is 10.9 Å². The van der Waals surface area contributed by atoms with Gasteiger partial charge in [-0.15, -0.1) is 5.10 Å². The molecule has 3 aromatic rings. The largest absolute Gasteiger partial charge is 0.493 e. The van der Waals surface area contributed by atoms with Crippen molar-refractivity contribution >= 4 is 16.7 Å². The van der Waals surface area contributed by atoms with Crippen LogP contribution in [0.15, 0.2) is 42.5 Å². The van der Waals surface area contributed by atoms with Crippen molar-refractivity contribution in [1.82, 2.24) is 14.9 Å². The van der Waals surface area contributed by atoms with Gasteiger partial charge in [0.2, 0.25) is 0 Å². The molecule has 31 heavy (non-hydrogen) atoms. The van der Waals surface area contributed by atoms with Gasteiger partial charge in [-0.1, -0.05) is 27.6 Å². The number of likely N-dealkylation sites (tertiary alicyclic amines) is 1. The van der Waals surface area contributed by atoms with Gasteiger partial charge >= 0.3 is 0 Å². The molecule has 0 atom stereocenters. The molecule has 164 valence electrons. The summed E-state index contributed by atoms with van der Waals surface area (Å²) in [6.45, 7) is 4.99. The number of Topliss-reactive ketones (excluding diaryl/α,β-unsaturated/α-hetero) is 1. The molecule has 1 aliphatic heterocycles. The maximum Gasteiger partial charge on any atom is 0.161 e. The fraction of sp³-hybridized carbons (Fsp3) is 0.417. The first kappa shape index (κ1) is 21.3. The first-order chi connectivity index (χ1) is 15.1. The number of hydrogen-bond acceptors (Lipinski definition) is 5. The summed E-state index contributed by atoms with van der Waals surface area (Å²) in [5.41, 5.74) is 2.03. The van der Waals surface area contributed by atoms with Gasteiger partial charge in [-0.3, -0.25) is 4.79 Å². The number of ketones is 1. The second kappa shape index (κ2) is 9.47. The van der Waals surface area contributed by atoms with Gasteiger partial charge in [-0.2, -0.15) is 0 Å². The average Bonchev–Trinajstić information content (AvgIpc) is 3.14. The number of hydrogen-bond donors (Lipinski definition) is 0. The quantitative estimate of drug-likeness (QED) is 0.389. The fourth-order valence-corrected chi connectivity index (χ4v) is 4.26. The Bertz CT molecular complexity index is 1060. The molecule has 0 radical (unpaired) electrons. The van der Waals surface area contributed by atoms with Crippen LogP contribution in [0.2, 0.25) is 0 Å². The third kappa shape index (κ3) is 4.71. The zero-order chi connectivity index (χ0) is 21.8. The van der Waals surface area contributed by atoms with E-state index in [-0.39, 0.29) is 5.78 Å². The molecular formula is C24H28FN3O3. The number of ether oxygens (including phenoxy) is 2. The van der Waals surface area contributed by atoms with Gasteiger partial charge in [-0.05, 0) is 63.5 Å². The molecular weight excluding hydrogens is 397 g/mol. The van der Waals surface area contributed by atoms with Gasteiger partial charge in [0.15, 0.2) is 17.3 Å². The fourth-order valence-electron chi connectivity index (χ4n) is 4.26. The molecule has 1 aromatic heterocycles. The van der Waals surface area contributed by atoms with Crippen molar-refractivity contribution in [1.29, 1.82) is 0 Å². The van der Waals surface area contributed by atoms with Crippen LogP contribution in [0.3, 0.4) is 0 Å². The highest BCUT2D eigenvalue weighted by atomic mass is 19.2. The monoisotopic (exact) mass is 425 g/mol. The van der Waals surface area contributed by atoms with E-state index >= 15 is 0 Å². The summed E-state index contributed by atoms with van der Waals surface area (Å²) in [5.74, 6) is 1.52. The topological polar surface area (TPSA) is 56.6 Å². The SMILES string of the molecule is COc1cc(C(C)=O)ccc1OCCCN1CCC(c2nn(F)c3ccccc23)CC1. The van der Waals surface area contributed by atoms with Gasteiger partial charge in [-0.25, -0.2) is 0 Å². The van der Waals surface area contributed by atoms with E-state index < -0.39 is 0 Å². The van der Waals surface area contributed by atoms with Crippen LogP contribution in [0, 0.1) is 0 Å². The summed E-state index contributed by atoms with van der Waals surface area (Å²) in [5, 5.41) is 5.08. The number of fused-ring (bicyclic) bond motifs is 1. The van der Waals surface area contributed by atoms with Crippen molar-refractivity contribution < 1.29 is 18.7 Å². The van der Waals surface area contributed by atoms with E-state index in [2.05, 4.69) is 10.00 Å². The average molecular weight is 426 g/mol. The number of carbonyl (C=O) groups excluding carboxylic acids is 1. The van der Waals surface area contributed by atoms with E-state index in [4.69, 9.17) is 9.47 Å². The van der Waals surface area contributed by atoms with E-state index in [1.807, 2.05) is 18.2 Å². The maximum absolute atomic E-state index is 14.1. The molecule has 0 amide bonds. The van der Waals surface area contributed by atoms with Crippen LogP contribution >= 0.6 is 0 Å². The molecule has 0 aliphatic carbocycles. The Kier molecular flexibility index (Phi) is 6.51. The molecule has 0 N–H and O–H groups in total. The molecule has 0 bridgehead atoms. The standard InChI is InChI=1S/C24H28FN3O3/c1-17(29)19-8-9-22(23(16-19)30-2)31-15-5-12-27-13-10-18(11-14-27)24-20-6-3-4-7-21(20)28(25)26-24/h3-4,6-9,16,18H,5,10-15H2,1-2H3.